The first-order chi connectivity index (χ1) is 11.8. The van der Waals surface area contributed by atoms with Crippen molar-refractivity contribution in [1.82, 2.24) is 9.78 Å². The molecular weight excluding hydrogens is 336 g/mol. The van der Waals surface area contributed by atoms with Crippen LogP contribution in [0.5, 0.6) is 5.88 Å². The van der Waals surface area contributed by atoms with Gasteiger partial charge in [-0.2, -0.15) is 5.10 Å². The van der Waals surface area contributed by atoms with Crippen molar-refractivity contribution in [2.24, 2.45) is 0 Å². The molecule has 1 aromatic heterocycles. The van der Waals surface area contributed by atoms with Crippen molar-refractivity contribution in [1.29, 1.82) is 0 Å². The zero-order valence-electron chi connectivity index (χ0n) is 15.7. The highest BCUT2D eigenvalue weighted by Gasteiger charge is 2.23. The predicted molar refractivity (Wildman–Crippen MR) is 103 cm³/mol. The van der Waals surface area contributed by atoms with Crippen LogP contribution in [-0.4, -0.2) is 22.2 Å². The average molecular weight is 361 g/mol. The molecule has 0 amide bonds. The van der Waals surface area contributed by atoms with E-state index in [1.807, 2.05) is 41.5 Å². The van der Waals surface area contributed by atoms with Crippen LogP contribution in [0.4, 0.5) is 0 Å². The standard InChI is InChI=1S/C20H25ClN2O2/c1-7-23-20(25-8-2)16(11-22-23)19(24)15-9-10-17(21)18(14(15)6)13(5)12(3)4/h9-11H,7-8H2,1-6H3. The van der Waals surface area contributed by atoms with Gasteiger partial charge >= 0.3 is 0 Å². The summed E-state index contributed by atoms with van der Waals surface area (Å²) < 4.78 is 7.36. The fraction of sp³-hybridized carbons (Fsp3) is 0.400. The average Bonchev–Trinajstić information content (AvgIpc) is 2.97. The summed E-state index contributed by atoms with van der Waals surface area (Å²) in [6.45, 7) is 13.0. The molecule has 2 aromatic rings. The lowest BCUT2D eigenvalue weighted by Crippen LogP contribution is -2.09. The molecule has 4 nitrogen and oxygen atoms in total. The van der Waals surface area contributed by atoms with Crippen molar-refractivity contribution in [2.75, 3.05) is 6.61 Å². The molecule has 5 heteroatoms. The molecule has 0 unspecified atom stereocenters. The first-order valence-corrected chi connectivity index (χ1v) is 8.88. The molecule has 25 heavy (non-hydrogen) atoms. The van der Waals surface area contributed by atoms with Gasteiger partial charge in [-0.25, -0.2) is 4.68 Å². The van der Waals surface area contributed by atoms with Crippen LogP contribution in [0.2, 0.25) is 5.02 Å². The Hall–Kier alpha value is -2.07. The van der Waals surface area contributed by atoms with Gasteiger partial charge in [0.1, 0.15) is 5.56 Å². The van der Waals surface area contributed by atoms with Gasteiger partial charge in [0.2, 0.25) is 5.88 Å². The Labute approximate surface area is 154 Å². The maximum absolute atomic E-state index is 13.2. The SMILES string of the molecule is CCOc1c(C(=O)c2ccc(Cl)c(C(C)=C(C)C)c2C)cnn1CC. The molecule has 0 saturated carbocycles. The quantitative estimate of drug-likeness (QED) is 0.656. The van der Waals surface area contributed by atoms with Crippen LogP contribution in [0.1, 0.15) is 61.7 Å². The number of aryl methyl sites for hydroxylation is 1. The van der Waals surface area contributed by atoms with E-state index in [-0.39, 0.29) is 5.78 Å². The van der Waals surface area contributed by atoms with Gasteiger partial charge in [-0.05, 0) is 70.4 Å². The van der Waals surface area contributed by atoms with E-state index in [0.717, 1.165) is 16.7 Å². The van der Waals surface area contributed by atoms with Gasteiger partial charge in [0.25, 0.3) is 0 Å². The minimum Gasteiger partial charge on any atom is -0.478 e. The minimum absolute atomic E-state index is 0.0971. The number of ether oxygens (including phenoxy) is 1. The lowest BCUT2D eigenvalue weighted by molar-refractivity contribution is 0.103. The van der Waals surface area contributed by atoms with E-state index in [1.54, 1.807) is 23.0 Å². The van der Waals surface area contributed by atoms with Crippen molar-refractivity contribution in [3.63, 3.8) is 0 Å². The maximum Gasteiger partial charge on any atom is 0.223 e. The normalized spacial score (nSPS) is 10.7. The number of allylic oxidation sites excluding steroid dienone is 2. The summed E-state index contributed by atoms with van der Waals surface area (Å²) >= 11 is 6.41. The number of benzene rings is 1. The second kappa shape index (κ2) is 7.87. The molecule has 2 rings (SSSR count). The summed E-state index contributed by atoms with van der Waals surface area (Å²) in [6, 6.07) is 3.56. The smallest absolute Gasteiger partial charge is 0.223 e. The predicted octanol–water partition coefficient (Wildman–Crippen LogP) is 5.31. The van der Waals surface area contributed by atoms with Gasteiger partial charge < -0.3 is 4.74 Å². The van der Waals surface area contributed by atoms with Crippen molar-refractivity contribution in [2.45, 2.75) is 48.1 Å². The van der Waals surface area contributed by atoms with E-state index >= 15 is 0 Å². The Morgan fingerprint density at radius 2 is 1.88 bits per heavy atom. The Kier molecular flexibility index (Phi) is 6.07. The highest BCUT2D eigenvalue weighted by Crippen LogP contribution is 2.33. The van der Waals surface area contributed by atoms with E-state index in [0.29, 0.717) is 35.2 Å². The Balaban J connectivity index is 2.61. The Bertz CT molecular complexity index is 830. The van der Waals surface area contributed by atoms with E-state index in [4.69, 9.17) is 16.3 Å². The number of ketones is 1. The monoisotopic (exact) mass is 360 g/mol. The zero-order valence-corrected chi connectivity index (χ0v) is 16.5. The van der Waals surface area contributed by atoms with Gasteiger partial charge in [-0.3, -0.25) is 4.79 Å². The van der Waals surface area contributed by atoms with Crippen LogP contribution in [0.15, 0.2) is 23.9 Å². The van der Waals surface area contributed by atoms with Crippen molar-refractivity contribution in [3.05, 3.63) is 51.2 Å². The number of nitrogens with zero attached hydrogens (tertiary/aromatic N) is 2. The maximum atomic E-state index is 13.2. The molecule has 0 atom stereocenters. The third-order valence-corrected chi connectivity index (χ3v) is 4.72. The highest BCUT2D eigenvalue weighted by molar-refractivity contribution is 6.32. The number of aromatic nitrogens is 2. The van der Waals surface area contributed by atoms with E-state index in [1.165, 1.54) is 5.57 Å². The van der Waals surface area contributed by atoms with Crippen LogP contribution in [0.3, 0.4) is 0 Å². The van der Waals surface area contributed by atoms with Gasteiger partial charge in [0.15, 0.2) is 5.78 Å². The summed E-state index contributed by atoms with van der Waals surface area (Å²) in [4.78, 5) is 13.2. The molecule has 1 heterocycles. The van der Waals surface area contributed by atoms with Gasteiger partial charge in [0.05, 0.1) is 12.8 Å². The molecule has 0 spiro atoms. The molecule has 0 radical (unpaired) electrons. The summed E-state index contributed by atoms with van der Waals surface area (Å²) in [5, 5.41) is 4.92. The molecule has 0 fully saturated rings. The molecule has 0 bridgehead atoms. The number of hydrogen-bond donors (Lipinski definition) is 0. The summed E-state index contributed by atoms with van der Waals surface area (Å²) in [5.74, 6) is 0.421. The fourth-order valence-electron chi connectivity index (χ4n) is 2.82. The molecule has 0 aliphatic heterocycles. The fourth-order valence-corrected chi connectivity index (χ4v) is 3.17. The summed E-state index contributed by atoms with van der Waals surface area (Å²) in [6.07, 6.45) is 1.58. The molecule has 0 N–H and O–H groups in total. The van der Waals surface area contributed by atoms with Crippen LogP contribution in [0, 0.1) is 6.92 Å². The number of halogens is 1. The third kappa shape index (κ3) is 3.64. The lowest BCUT2D eigenvalue weighted by Gasteiger charge is -2.15. The zero-order chi connectivity index (χ0) is 18.7. The van der Waals surface area contributed by atoms with Crippen LogP contribution in [0.25, 0.3) is 5.57 Å². The van der Waals surface area contributed by atoms with Gasteiger partial charge in [-0.15, -0.1) is 0 Å². The van der Waals surface area contributed by atoms with E-state index in [9.17, 15) is 4.79 Å². The Morgan fingerprint density at radius 1 is 1.20 bits per heavy atom. The van der Waals surface area contributed by atoms with Crippen molar-refractivity contribution < 1.29 is 9.53 Å². The second-order valence-corrected chi connectivity index (χ2v) is 6.57. The van der Waals surface area contributed by atoms with E-state index in [2.05, 4.69) is 5.10 Å². The largest absolute Gasteiger partial charge is 0.478 e. The highest BCUT2D eigenvalue weighted by atomic mass is 35.5. The van der Waals surface area contributed by atoms with Crippen molar-refractivity contribution >= 4 is 23.0 Å². The van der Waals surface area contributed by atoms with Crippen LogP contribution < -0.4 is 4.74 Å². The first kappa shape index (κ1) is 19.3. The van der Waals surface area contributed by atoms with Crippen LogP contribution in [-0.2, 0) is 6.54 Å². The topological polar surface area (TPSA) is 44.1 Å². The second-order valence-electron chi connectivity index (χ2n) is 6.16. The van der Waals surface area contributed by atoms with Gasteiger partial charge in [0, 0.05) is 17.1 Å². The van der Waals surface area contributed by atoms with Crippen LogP contribution >= 0.6 is 11.6 Å². The minimum atomic E-state index is -0.0971. The van der Waals surface area contributed by atoms with Gasteiger partial charge in [-0.1, -0.05) is 17.2 Å². The molecule has 0 saturated heterocycles. The number of hydrogen-bond acceptors (Lipinski definition) is 3. The molecule has 0 aliphatic rings. The number of rotatable bonds is 6. The molecule has 134 valence electrons. The summed E-state index contributed by atoms with van der Waals surface area (Å²) in [5.41, 5.74) is 5.16. The third-order valence-electron chi connectivity index (χ3n) is 4.40. The molecular formula is C20H25ClN2O2. The van der Waals surface area contributed by atoms with Crippen molar-refractivity contribution in [3.8, 4) is 5.88 Å². The molecule has 0 aliphatic carbocycles. The lowest BCUT2D eigenvalue weighted by atomic mass is 9.92. The molecule has 1 aromatic carbocycles. The Morgan fingerprint density at radius 3 is 2.44 bits per heavy atom. The first-order valence-electron chi connectivity index (χ1n) is 8.50. The number of carbonyl (C=O) groups excluding carboxylic acids is 1. The van der Waals surface area contributed by atoms with E-state index < -0.39 is 0 Å². The number of carbonyl (C=O) groups is 1. The summed E-state index contributed by atoms with van der Waals surface area (Å²) in [7, 11) is 0.